The number of amides is 1. The lowest BCUT2D eigenvalue weighted by Gasteiger charge is -2.09. The van der Waals surface area contributed by atoms with Crippen LogP contribution in [0.4, 0.5) is 17.1 Å². The summed E-state index contributed by atoms with van der Waals surface area (Å²) in [7, 11) is 0. The zero-order chi connectivity index (χ0) is 18.0. The molecule has 2 aromatic rings. The van der Waals surface area contributed by atoms with Crippen LogP contribution < -0.4 is 5.32 Å². The maximum atomic E-state index is 12.3. The van der Waals surface area contributed by atoms with Gasteiger partial charge in [-0.2, -0.15) is 0 Å². The zero-order valence-electron chi connectivity index (χ0n) is 12.1. The third-order valence-electron chi connectivity index (χ3n) is 3.21. The first-order valence-corrected chi connectivity index (χ1v) is 7.16. The highest BCUT2D eigenvalue weighted by Gasteiger charge is 2.27. The van der Waals surface area contributed by atoms with Crippen molar-refractivity contribution >= 4 is 46.2 Å². The summed E-state index contributed by atoms with van der Waals surface area (Å²) in [6.07, 6.45) is 0. The largest absolute Gasteiger partial charge is 0.322 e. The second kappa shape index (κ2) is 6.81. The smallest absolute Gasteiger partial charge is 0.295 e. The molecule has 0 saturated heterocycles. The SMILES string of the molecule is Cc1c(Cl)cccc1NC(=O)c1cc([N+](=O)[O-])c(Cl)c([N+](=O)[O-])c1. The quantitative estimate of drug-likeness (QED) is 0.634. The minimum Gasteiger partial charge on any atom is -0.322 e. The van der Waals surface area contributed by atoms with Crippen LogP contribution in [0.15, 0.2) is 30.3 Å². The summed E-state index contributed by atoms with van der Waals surface area (Å²) in [6, 6.07) is 6.58. The predicted octanol–water partition coefficient (Wildman–Crippen LogP) is 4.37. The molecule has 2 aromatic carbocycles. The molecular formula is C14H9Cl2N3O5. The Morgan fingerprint density at radius 3 is 2.12 bits per heavy atom. The van der Waals surface area contributed by atoms with Crippen LogP contribution in [-0.4, -0.2) is 15.8 Å². The van der Waals surface area contributed by atoms with E-state index >= 15 is 0 Å². The first-order chi connectivity index (χ1) is 11.2. The molecule has 2 rings (SSSR count). The number of benzene rings is 2. The van der Waals surface area contributed by atoms with Gasteiger partial charge < -0.3 is 5.32 Å². The molecule has 0 bridgehead atoms. The van der Waals surface area contributed by atoms with E-state index in [0.29, 0.717) is 16.3 Å². The average Bonchev–Trinajstić information content (AvgIpc) is 2.51. The number of nitro benzene ring substituents is 2. The molecule has 0 heterocycles. The van der Waals surface area contributed by atoms with Gasteiger partial charge in [-0.15, -0.1) is 0 Å². The van der Waals surface area contributed by atoms with Gasteiger partial charge in [-0.1, -0.05) is 29.3 Å². The molecule has 0 unspecified atom stereocenters. The van der Waals surface area contributed by atoms with Crippen LogP contribution >= 0.6 is 23.2 Å². The fraction of sp³-hybridized carbons (Fsp3) is 0.0714. The van der Waals surface area contributed by atoms with Crippen molar-refractivity contribution in [2.45, 2.75) is 6.92 Å². The van der Waals surface area contributed by atoms with E-state index in [1.54, 1.807) is 25.1 Å². The lowest BCUT2D eigenvalue weighted by molar-refractivity contribution is -0.393. The number of hydrogen-bond acceptors (Lipinski definition) is 5. The number of carbonyl (C=O) groups is 1. The summed E-state index contributed by atoms with van der Waals surface area (Å²) in [6.45, 7) is 1.67. The Bertz CT molecular complexity index is 834. The van der Waals surface area contributed by atoms with E-state index in [2.05, 4.69) is 5.32 Å². The van der Waals surface area contributed by atoms with Crippen molar-refractivity contribution in [3.8, 4) is 0 Å². The molecule has 0 fully saturated rings. The lowest BCUT2D eigenvalue weighted by Crippen LogP contribution is -2.13. The van der Waals surface area contributed by atoms with Crippen molar-refractivity contribution in [3.05, 3.63) is 71.7 Å². The van der Waals surface area contributed by atoms with Gasteiger partial charge in [0.2, 0.25) is 0 Å². The fourth-order valence-electron chi connectivity index (χ4n) is 1.93. The molecule has 1 amide bonds. The average molecular weight is 370 g/mol. The second-order valence-corrected chi connectivity index (χ2v) is 5.49. The monoisotopic (exact) mass is 369 g/mol. The number of nitrogens with zero attached hydrogens (tertiary/aromatic N) is 2. The molecule has 0 aromatic heterocycles. The summed E-state index contributed by atoms with van der Waals surface area (Å²) in [5, 5.41) is 24.2. The predicted molar refractivity (Wildman–Crippen MR) is 88.9 cm³/mol. The minimum absolute atomic E-state index is 0.267. The minimum atomic E-state index is -0.892. The van der Waals surface area contributed by atoms with Crippen molar-refractivity contribution in [2.75, 3.05) is 5.32 Å². The molecule has 1 N–H and O–H groups in total. The summed E-state index contributed by atoms with van der Waals surface area (Å²) in [5.41, 5.74) is -0.743. The van der Waals surface area contributed by atoms with Gasteiger partial charge in [-0.25, -0.2) is 0 Å². The highest BCUT2D eigenvalue weighted by atomic mass is 35.5. The van der Waals surface area contributed by atoms with Gasteiger partial charge in [0.05, 0.1) is 15.4 Å². The topological polar surface area (TPSA) is 115 Å². The van der Waals surface area contributed by atoms with Crippen molar-refractivity contribution in [1.82, 2.24) is 0 Å². The fourth-order valence-corrected chi connectivity index (χ4v) is 2.35. The number of hydrogen-bond donors (Lipinski definition) is 1. The molecule has 0 aliphatic heterocycles. The van der Waals surface area contributed by atoms with Crippen LogP contribution in [0.5, 0.6) is 0 Å². The van der Waals surface area contributed by atoms with E-state index in [-0.39, 0.29) is 5.56 Å². The number of anilines is 1. The van der Waals surface area contributed by atoms with Crippen LogP contribution in [0, 0.1) is 27.2 Å². The molecule has 24 heavy (non-hydrogen) atoms. The molecule has 0 aliphatic rings. The third kappa shape index (κ3) is 3.44. The lowest BCUT2D eigenvalue weighted by atomic mass is 10.1. The molecular weight excluding hydrogens is 361 g/mol. The van der Waals surface area contributed by atoms with Gasteiger partial charge in [0.15, 0.2) is 5.02 Å². The Morgan fingerprint density at radius 2 is 1.62 bits per heavy atom. The number of rotatable bonds is 4. The summed E-state index contributed by atoms with van der Waals surface area (Å²) in [4.78, 5) is 32.5. The van der Waals surface area contributed by atoms with E-state index in [1.807, 2.05) is 0 Å². The van der Waals surface area contributed by atoms with Crippen LogP contribution in [0.1, 0.15) is 15.9 Å². The highest BCUT2D eigenvalue weighted by molar-refractivity contribution is 6.35. The Kier molecular flexibility index (Phi) is 5.01. The van der Waals surface area contributed by atoms with Gasteiger partial charge in [0.25, 0.3) is 17.3 Å². The summed E-state index contributed by atoms with van der Waals surface area (Å²) in [5.74, 6) is -0.761. The standard InChI is InChI=1S/C14H9Cl2N3O5/c1-7-9(15)3-2-4-10(7)17-14(20)8-5-11(18(21)22)13(16)12(6-8)19(23)24/h2-6H,1H3,(H,17,20). The zero-order valence-corrected chi connectivity index (χ0v) is 13.6. The third-order valence-corrected chi connectivity index (χ3v) is 4.00. The van der Waals surface area contributed by atoms with Crippen LogP contribution in [0.2, 0.25) is 10.0 Å². The molecule has 0 radical (unpaired) electrons. The Hall–Kier alpha value is -2.71. The maximum absolute atomic E-state index is 12.3. The second-order valence-electron chi connectivity index (χ2n) is 4.71. The molecule has 8 nitrogen and oxygen atoms in total. The highest BCUT2D eigenvalue weighted by Crippen LogP contribution is 2.35. The number of carbonyl (C=O) groups excluding carboxylic acids is 1. The molecule has 0 saturated carbocycles. The van der Waals surface area contributed by atoms with Gasteiger partial charge in [0, 0.05) is 22.8 Å². The normalized spacial score (nSPS) is 10.3. The van der Waals surface area contributed by atoms with Gasteiger partial charge in [-0.3, -0.25) is 25.0 Å². The molecule has 0 atom stereocenters. The van der Waals surface area contributed by atoms with E-state index in [4.69, 9.17) is 23.2 Å². The maximum Gasteiger partial charge on any atom is 0.295 e. The number of halogens is 2. The molecule has 124 valence electrons. The van der Waals surface area contributed by atoms with Crippen molar-refractivity contribution in [3.63, 3.8) is 0 Å². The molecule has 0 aliphatic carbocycles. The summed E-state index contributed by atoms with van der Waals surface area (Å²) >= 11 is 11.6. The molecule has 0 spiro atoms. The Morgan fingerprint density at radius 1 is 1.08 bits per heavy atom. The van der Waals surface area contributed by atoms with Gasteiger partial charge in [0.1, 0.15) is 0 Å². The van der Waals surface area contributed by atoms with Gasteiger partial charge in [-0.05, 0) is 24.6 Å². The van der Waals surface area contributed by atoms with Crippen LogP contribution in [0.3, 0.4) is 0 Å². The van der Waals surface area contributed by atoms with Crippen LogP contribution in [-0.2, 0) is 0 Å². The van der Waals surface area contributed by atoms with Crippen molar-refractivity contribution < 1.29 is 14.6 Å². The van der Waals surface area contributed by atoms with Crippen molar-refractivity contribution in [1.29, 1.82) is 0 Å². The van der Waals surface area contributed by atoms with E-state index in [9.17, 15) is 25.0 Å². The van der Waals surface area contributed by atoms with E-state index < -0.39 is 32.2 Å². The Labute approximate surface area is 145 Å². The first-order valence-electron chi connectivity index (χ1n) is 6.41. The first kappa shape index (κ1) is 17.6. The van der Waals surface area contributed by atoms with Crippen LogP contribution in [0.25, 0.3) is 0 Å². The van der Waals surface area contributed by atoms with E-state index in [0.717, 1.165) is 12.1 Å². The molecule has 10 heteroatoms. The van der Waals surface area contributed by atoms with Crippen molar-refractivity contribution in [2.24, 2.45) is 0 Å². The van der Waals surface area contributed by atoms with E-state index in [1.165, 1.54) is 0 Å². The Balaban J connectivity index is 2.47. The number of nitrogens with one attached hydrogen (secondary N) is 1. The number of nitro groups is 2. The summed E-state index contributed by atoms with van der Waals surface area (Å²) < 4.78 is 0. The van der Waals surface area contributed by atoms with Gasteiger partial charge >= 0.3 is 0 Å².